The topological polar surface area (TPSA) is 20.7 Å². The number of hydrogen-bond acceptors (Lipinski definition) is 1. The third-order valence-corrected chi connectivity index (χ3v) is 3.43. The molecule has 3 heteroatoms. The second-order valence-corrected chi connectivity index (χ2v) is 6.00. The van der Waals surface area contributed by atoms with Gasteiger partial charge in [-0.15, -0.1) is 0 Å². The molecular weight excluding hydrogens is 204 g/mol. The summed E-state index contributed by atoms with van der Waals surface area (Å²) < 4.78 is 3.15. The summed E-state index contributed by atoms with van der Waals surface area (Å²) in [7, 11) is 0. The highest BCUT2D eigenvalue weighted by atomic mass is 32.1. The molecular formula is C12H20N2S. The Morgan fingerprint density at radius 1 is 1.47 bits per heavy atom. The van der Waals surface area contributed by atoms with E-state index in [1.54, 1.807) is 0 Å². The molecule has 1 N–H and O–H groups in total. The summed E-state index contributed by atoms with van der Waals surface area (Å²) in [6.07, 6.45) is 6.19. The zero-order valence-electron chi connectivity index (χ0n) is 9.84. The predicted molar refractivity (Wildman–Crippen MR) is 65.7 cm³/mol. The van der Waals surface area contributed by atoms with Crippen LogP contribution in [0.3, 0.4) is 0 Å². The average Bonchev–Trinajstić information content (AvgIpc) is 2.86. The summed E-state index contributed by atoms with van der Waals surface area (Å²) in [4.78, 5) is 3.17. The fraction of sp³-hybridized carbons (Fsp3) is 0.750. The normalized spacial score (nSPS) is 17.0. The van der Waals surface area contributed by atoms with Crippen molar-refractivity contribution in [3.63, 3.8) is 0 Å². The number of H-pyrrole nitrogens is 1. The number of aromatic amines is 1. The van der Waals surface area contributed by atoms with Crippen molar-refractivity contribution in [2.24, 2.45) is 5.92 Å². The Labute approximate surface area is 96.7 Å². The first-order valence-corrected chi connectivity index (χ1v) is 6.18. The number of imidazole rings is 1. The van der Waals surface area contributed by atoms with E-state index in [0.29, 0.717) is 0 Å². The average molecular weight is 224 g/mol. The predicted octanol–water partition coefficient (Wildman–Crippen LogP) is 3.64. The molecule has 0 amide bonds. The highest BCUT2D eigenvalue weighted by Crippen LogP contribution is 2.33. The Kier molecular flexibility index (Phi) is 2.75. The first kappa shape index (κ1) is 10.9. The van der Waals surface area contributed by atoms with Crippen LogP contribution in [0.4, 0.5) is 0 Å². The van der Waals surface area contributed by atoms with Gasteiger partial charge < -0.3 is 9.55 Å². The molecule has 1 aliphatic carbocycles. The minimum Gasteiger partial charge on any atom is -0.337 e. The van der Waals surface area contributed by atoms with Gasteiger partial charge in [-0.25, -0.2) is 0 Å². The first-order chi connectivity index (χ1) is 6.98. The Balaban J connectivity index is 2.19. The van der Waals surface area contributed by atoms with Crippen LogP contribution in [0, 0.1) is 10.7 Å². The van der Waals surface area contributed by atoms with Crippen LogP contribution < -0.4 is 0 Å². The first-order valence-electron chi connectivity index (χ1n) is 5.77. The molecule has 0 atom stereocenters. The van der Waals surface area contributed by atoms with Gasteiger partial charge in [-0.3, -0.25) is 0 Å². The van der Waals surface area contributed by atoms with Gasteiger partial charge in [-0.1, -0.05) is 33.6 Å². The van der Waals surface area contributed by atoms with E-state index in [2.05, 4.69) is 36.5 Å². The molecule has 1 aromatic heterocycles. The Bertz CT molecular complexity index is 390. The van der Waals surface area contributed by atoms with Gasteiger partial charge in [0.05, 0.1) is 0 Å². The highest BCUT2D eigenvalue weighted by molar-refractivity contribution is 7.71. The van der Waals surface area contributed by atoms with Crippen LogP contribution in [0.25, 0.3) is 0 Å². The second-order valence-electron chi connectivity index (χ2n) is 5.61. The fourth-order valence-electron chi connectivity index (χ4n) is 1.96. The molecule has 1 aliphatic rings. The van der Waals surface area contributed by atoms with E-state index >= 15 is 0 Å². The zero-order chi connectivity index (χ0) is 11.1. The van der Waals surface area contributed by atoms with Crippen molar-refractivity contribution in [1.29, 1.82) is 0 Å². The van der Waals surface area contributed by atoms with Crippen molar-refractivity contribution in [2.75, 3.05) is 0 Å². The quantitative estimate of drug-likeness (QED) is 0.777. The molecule has 0 spiro atoms. The summed E-state index contributed by atoms with van der Waals surface area (Å²) >= 11 is 5.32. The Hall–Kier alpha value is -0.570. The number of aromatic nitrogens is 2. The van der Waals surface area contributed by atoms with Crippen LogP contribution in [0.1, 0.15) is 45.7 Å². The summed E-state index contributed by atoms with van der Waals surface area (Å²) in [5, 5.41) is 0. The van der Waals surface area contributed by atoms with E-state index in [1.807, 2.05) is 0 Å². The van der Waals surface area contributed by atoms with E-state index in [0.717, 1.165) is 17.2 Å². The van der Waals surface area contributed by atoms with E-state index < -0.39 is 0 Å². The monoisotopic (exact) mass is 224 g/mol. The van der Waals surface area contributed by atoms with Gasteiger partial charge in [0.25, 0.3) is 0 Å². The Morgan fingerprint density at radius 3 is 2.67 bits per heavy atom. The summed E-state index contributed by atoms with van der Waals surface area (Å²) in [5.41, 5.74) is 1.50. The van der Waals surface area contributed by atoms with Gasteiger partial charge in [-0.05, 0) is 24.6 Å². The number of nitrogens with one attached hydrogen (secondary N) is 1. The molecule has 1 fully saturated rings. The molecule has 2 rings (SSSR count). The third-order valence-electron chi connectivity index (χ3n) is 3.09. The second kappa shape index (κ2) is 3.78. The lowest BCUT2D eigenvalue weighted by molar-refractivity contribution is 0.493. The Morgan fingerprint density at radius 2 is 2.13 bits per heavy atom. The van der Waals surface area contributed by atoms with E-state index in [1.165, 1.54) is 25.0 Å². The molecule has 15 heavy (non-hydrogen) atoms. The molecule has 0 aromatic carbocycles. The van der Waals surface area contributed by atoms with Crippen molar-refractivity contribution in [1.82, 2.24) is 9.55 Å². The number of nitrogens with zero attached hydrogens (tertiary/aromatic N) is 1. The van der Waals surface area contributed by atoms with Gasteiger partial charge in [0.15, 0.2) is 4.77 Å². The smallest absolute Gasteiger partial charge is 0.177 e. The SMILES string of the molecule is CC(C)(C)c1c[nH]c(=S)n1CCC1CC1. The summed E-state index contributed by atoms with van der Waals surface area (Å²) in [5.74, 6) is 0.967. The highest BCUT2D eigenvalue weighted by Gasteiger charge is 2.23. The lowest BCUT2D eigenvalue weighted by atomic mass is 9.92. The van der Waals surface area contributed by atoms with Gasteiger partial charge in [0.1, 0.15) is 0 Å². The van der Waals surface area contributed by atoms with Crippen molar-refractivity contribution < 1.29 is 0 Å². The van der Waals surface area contributed by atoms with E-state index in [9.17, 15) is 0 Å². The third kappa shape index (κ3) is 2.51. The van der Waals surface area contributed by atoms with Crippen LogP contribution in [0.5, 0.6) is 0 Å². The van der Waals surface area contributed by atoms with Crippen molar-refractivity contribution in [3.05, 3.63) is 16.7 Å². The molecule has 1 aromatic rings. The lowest BCUT2D eigenvalue weighted by Crippen LogP contribution is -2.18. The lowest BCUT2D eigenvalue weighted by Gasteiger charge is -2.20. The molecule has 2 nitrogen and oxygen atoms in total. The van der Waals surface area contributed by atoms with Crippen molar-refractivity contribution in [3.8, 4) is 0 Å². The van der Waals surface area contributed by atoms with Crippen LogP contribution >= 0.6 is 12.2 Å². The van der Waals surface area contributed by atoms with Gasteiger partial charge in [-0.2, -0.15) is 0 Å². The molecule has 0 aliphatic heterocycles. The number of rotatable bonds is 3. The number of hydrogen-bond donors (Lipinski definition) is 1. The molecule has 1 saturated carbocycles. The molecule has 0 saturated heterocycles. The zero-order valence-corrected chi connectivity index (χ0v) is 10.7. The fourth-order valence-corrected chi connectivity index (χ4v) is 2.21. The molecule has 0 bridgehead atoms. The molecule has 0 radical (unpaired) electrons. The van der Waals surface area contributed by atoms with Crippen molar-refractivity contribution >= 4 is 12.2 Å². The minimum atomic E-state index is 0.178. The van der Waals surface area contributed by atoms with Crippen molar-refractivity contribution in [2.45, 2.75) is 52.0 Å². The van der Waals surface area contributed by atoms with E-state index in [4.69, 9.17) is 12.2 Å². The minimum absolute atomic E-state index is 0.178. The summed E-state index contributed by atoms with van der Waals surface area (Å²) in [6.45, 7) is 7.79. The molecule has 1 heterocycles. The summed E-state index contributed by atoms with van der Waals surface area (Å²) in [6, 6.07) is 0. The van der Waals surface area contributed by atoms with Crippen LogP contribution in [-0.2, 0) is 12.0 Å². The van der Waals surface area contributed by atoms with Gasteiger partial charge in [0, 0.05) is 23.9 Å². The van der Waals surface area contributed by atoms with Crippen LogP contribution in [-0.4, -0.2) is 9.55 Å². The van der Waals surface area contributed by atoms with Crippen LogP contribution in [0.2, 0.25) is 0 Å². The van der Waals surface area contributed by atoms with Gasteiger partial charge in [0.2, 0.25) is 0 Å². The maximum atomic E-state index is 5.32. The van der Waals surface area contributed by atoms with Gasteiger partial charge >= 0.3 is 0 Å². The standard InChI is InChI=1S/C12H20N2S/c1-12(2,3)10-8-13-11(15)14(10)7-6-9-4-5-9/h8-9H,4-7H2,1-3H3,(H,13,15). The maximum Gasteiger partial charge on any atom is 0.177 e. The van der Waals surface area contributed by atoms with Crippen LogP contribution in [0.15, 0.2) is 6.20 Å². The largest absolute Gasteiger partial charge is 0.337 e. The molecule has 84 valence electrons. The maximum absolute atomic E-state index is 5.32. The molecule has 0 unspecified atom stereocenters. The van der Waals surface area contributed by atoms with E-state index in [-0.39, 0.29) is 5.41 Å².